The first kappa shape index (κ1) is 9.07. The van der Waals surface area contributed by atoms with E-state index in [1.807, 2.05) is 0 Å². The number of benzene rings is 1. The number of hydrogen-bond donors (Lipinski definition) is 1. The molecule has 1 N–H and O–H groups in total. The Bertz CT molecular complexity index is 375. The molecular weight excluding hydrogens is 170 g/mol. The van der Waals surface area contributed by atoms with Gasteiger partial charge in [-0.15, -0.1) is 0 Å². The lowest BCUT2D eigenvalue weighted by Crippen LogP contribution is -2.02. The van der Waals surface area contributed by atoms with Crippen molar-refractivity contribution in [3.63, 3.8) is 0 Å². The Kier molecular flexibility index (Phi) is 2.68. The van der Waals surface area contributed by atoms with E-state index in [-0.39, 0.29) is 0 Å². The summed E-state index contributed by atoms with van der Waals surface area (Å²) in [5.41, 5.74) is 3.82. The molecule has 0 radical (unpaired) electrons. The maximum absolute atomic E-state index is 3.46. The Morgan fingerprint density at radius 3 is 2.79 bits per heavy atom. The van der Waals surface area contributed by atoms with Gasteiger partial charge in [0, 0.05) is 11.4 Å². The number of allylic oxidation sites excluding steroid dienone is 4. The summed E-state index contributed by atoms with van der Waals surface area (Å²) in [4.78, 5) is 0. The highest BCUT2D eigenvalue weighted by Crippen LogP contribution is 2.19. The topological polar surface area (TPSA) is 12.0 Å². The molecule has 0 fully saturated rings. The summed E-state index contributed by atoms with van der Waals surface area (Å²) in [5.74, 6) is 0. The van der Waals surface area contributed by atoms with Crippen molar-refractivity contribution in [3.8, 4) is 0 Å². The van der Waals surface area contributed by atoms with E-state index in [4.69, 9.17) is 0 Å². The van der Waals surface area contributed by atoms with E-state index in [0.717, 1.165) is 12.8 Å². The van der Waals surface area contributed by atoms with E-state index in [1.54, 1.807) is 0 Å². The first-order valence-corrected chi connectivity index (χ1v) is 5.04. The molecule has 1 aromatic carbocycles. The molecule has 1 aliphatic carbocycles. The Morgan fingerprint density at radius 2 is 2.07 bits per heavy atom. The average molecular weight is 185 g/mol. The molecular formula is C13H15N. The van der Waals surface area contributed by atoms with E-state index in [0.29, 0.717) is 0 Å². The van der Waals surface area contributed by atoms with Crippen LogP contribution in [0, 0.1) is 6.92 Å². The summed E-state index contributed by atoms with van der Waals surface area (Å²) in [5, 5.41) is 3.46. The van der Waals surface area contributed by atoms with Crippen molar-refractivity contribution >= 4 is 5.69 Å². The molecule has 0 saturated carbocycles. The minimum atomic E-state index is 1.12. The quantitative estimate of drug-likeness (QED) is 0.741. The highest BCUT2D eigenvalue weighted by Gasteiger charge is 2.01. The zero-order valence-electron chi connectivity index (χ0n) is 8.46. The molecule has 0 aromatic heterocycles. The number of nitrogens with one attached hydrogen (secondary N) is 1. The summed E-state index contributed by atoms with van der Waals surface area (Å²) in [6.07, 6.45) is 8.72. The maximum Gasteiger partial charge on any atom is 0.0411 e. The molecule has 0 bridgehead atoms. The van der Waals surface area contributed by atoms with Crippen LogP contribution in [0.1, 0.15) is 18.4 Å². The molecule has 1 nitrogen and oxygen atoms in total. The summed E-state index contributed by atoms with van der Waals surface area (Å²) in [6.45, 7) is 2.13. The molecule has 0 atom stereocenters. The van der Waals surface area contributed by atoms with Crippen molar-refractivity contribution in [2.45, 2.75) is 19.8 Å². The third-order valence-electron chi connectivity index (χ3n) is 2.45. The molecule has 72 valence electrons. The average Bonchev–Trinajstić information content (AvgIpc) is 2.23. The number of para-hydroxylation sites is 1. The van der Waals surface area contributed by atoms with Crippen LogP contribution in [0.2, 0.25) is 0 Å². The lowest BCUT2D eigenvalue weighted by Gasteiger charge is -2.13. The second-order valence-corrected chi connectivity index (χ2v) is 3.60. The smallest absolute Gasteiger partial charge is 0.0411 e. The normalized spacial score (nSPS) is 15.1. The van der Waals surface area contributed by atoms with Gasteiger partial charge in [0.15, 0.2) is 0 Å². The van der Waals surface area contributed by atoms with E-state index in [2.05, 4.69) is 54.7 Å². The van der Waals surface area contributed by atoms with Gasteiger partial charge in [0.1, 0.15) is 0 Å². The van der Waals surface area contributed by atoms with Crippen LogP contribution in [0.3, 0.4) is 0 Å². The van der Waals surface area contributed by atoms with Crippen LogP contribution in [-0.2, 0) is 0 Å². The van der Waals surface area contributed by atoms with Gasteiger partial charge in [0.25, 0.3) is 0 Å². The van der Waals surface area contributed by atoms with Crippen LogP contribution in [-0.4, -0.2) is 0 Å². The fourth-order valence-electron chi connectivity index (χ4n) is 1.59. The second-order valence-electron chi connectivity index (χ2n) is 3.60. The number of hydrogen-bond acceptors (Lipinski definition) is 1. The highest BCUT2D eigenvalue weighted by molar-refractivity contribution is 5.54. The minimum absolute atomic E-state index is 1.12. The first-order chi connectivity index (χ1) is 6.86. The summed E-state index contributed by atoms with van der Waals surface area (Å²) in [6, 6.07) is 8.38. The van der Waals surface area contributed by atoms with Crippen molar-refractivity contribution < 1.29 is 0 Å². The Balaban J connectivity index is 2.14. The summed E-state index contributed by atoms with van der Waals surface area (Å²) in [7, 11) is 0. The molecule has 0 spiro atoms. The zero-order chi connectivity index (χ0) is 9.80. The van der Waals surface area contributed by atoms with Gasteiger partial charge in [-0.2, -0.15) is 0 Å². The minimum Gasteiger partial charge on any atom is -0.359 e. The molecule has 0 unspecified atom stereocenters. The molecule has 0 amide bonds. The molecule has 0 saturated heterocycles. The van der Waals surface area contributed by atoms with Gasteiger partial charge in [-0.25, -0.2) is 0 Å². The third-order valence-corrected chi connectivity index (χ3v) is 2.45. The van der Waals surface area contributed by atoms with Gasteiger partial charge in [0.2, 0.25) is 0 Å². The predicted molar refractivity (Wildman–Crippen MR) is 61.3 cm³/mol. The van der Waals surface area contributed by atoms with Crippen molar-refractivity contribution in [3.05, 3.63) is 53.8 Å². The third kappa shape index (κ3) is 2.05. The van der Waals surface area contributed by atoms with Crippen molar-refractivity contribution in [2.24, 2.45) is 0 Å². The van der Waals surface area contributed by atoms with E-state index in [9.17, 15) is 0 Å². The lowest BCUT2D eigenvalue weighted by atomic mass is 10.1. The SMILES string of the molecule is Cc1ccccc1NC1=CC=CCC1. The van der Waals surface area contributed by atoms with Gasteiger partial charge in [-0.3, -0.25) is 0 Å². The number of anilines is 1. The lowest BCUT2D eigenvalue weighted by molar-refractivity contribution is 0.966. The summed E-state index contributed by atoms with van der Waals surface area (Å²) < 4.78 is 0. The highest BCUT2D eigenvalue weighted by atomic mass is 14.9. The standard InChI is InChI=1S/C13H15N/c1-11-7-5-6-10-13(11)14-12-8-3-2-4-9-12/h2-3,5-8,10,14H,4,9H2,1H3. The van der Waals surface area contributed by atoms with Crippen LogP contribution in [0.4, 0.5) is 5.69 Å². The molecule has 1 aromatic rings. The van der Waals surface area contributed by atoms with Crippen LogP contribution in [0.25, 0.3) is 0 Å². The zero-order valence-corrected chi connectivity index (χ0v) is 8.46. The van der Waals surface area contributed by atoms with Gasteiger partial charge in [-0.05, 0) is 37.5 Å². The van der Waals surface area contributed by atoms with Gasteiger partial charge >= 0.3 is 0 Å². The van der Waals surface area contributed by atoms with E-state index in [1.165, 1.54) is 16.9 Å². The van der Waals surface area contributed by atoms with Gasteiger partial charge in [0.05, 0.1) is 0 Å². The van der Waals surface area contributed by atoms with Crippen LogP contribution >= 0.6 is 0 Å². The van der Waals surface area contributed by atoms with Crippen molar-refractivity contribution in [1.82, 2.24) is 0 Å². The van der Waals surface area contributed by atoms with E-state index < -0.39 is 0 Å². The van der Waals surface area contributed by atoms with Crippen LogP contribution in [0.5, 0.6) is 0 Å². The number of aryl methyl sites for hydroxylation is 1. The largest absolute Gasteiger partial charge is 0.359 e. The molecule has 1 heteroatoms. The van der Waals surface area contributed by atoms with Crippen molar-refractivity contribution in [1.29, 1.82) is 0 Å². The maximum atomic E-state index is 3.46. The fourth-order valence-corrected chi connectivity index (χ4v) is 1.59. The molecule has 0 aliphatic heterocycles. The van der Waals surface area contributed by atoms with Gasteiger partial charge in [-0.1, -0.05) is 30.4 Å². The fraction of sp³-hybridized carbons (Fsp3) is 0.231. The first-order valence-electron chi connectivity index (χ1n) is 5.04. The Labute approximate surface area is 85.2 Å². The molecule has 1 aliphatic rings. The monoisotopic (exact) mass is 185 g/mol. The molecule has 0 heterocycles. The Hall–Kier alpha value is -1.50. The molecule has 14 heavy (non-hydrogen) atoms. The molecule has 2 rings (SSSR count). The number of rotatable bonds is 2. The van der Waals surface area contributed by atoms with Crippen LogP contribution in [0.15, 0.2) is 48.2 Å². The second kappa shape index (κ2) is 4.14. The van der Waals surface area contributed by atoms with E-state index >= 15 is 0 Å². The predicted octanol–water partition coefficient (Wildman–Crippen LogP) is 3.64. The Morgan fingerprint density at radius 1 is 1.21 bits per heavy atom. The summed E-state index contributed by atoms with van der Waals surface area (Å²) >= 11 is 0. The van der Waals surface area contributed by atoms with Crippen LogP contribution < -0.4 is 5.32 Å². The van der Waals surface area contributed by atoms with Gasteiger partial charge < -0.3 is 5.32 Å². The van der Waals surface area contributed by atoms with Crippen molar-refractivity contribution in [2.75, 3.05) is 5.32 Å².